The van der Waals surface area contributed by atoms with Crippen molar-refractivity contribution >= 4 is 5.69 Å². The highest BCUT2D eigenvalue weighted by atomic mass is 19.4. The summed E-state index contributed by atoms with van der Waals surface area (Å²) in [5.41, 5.74) is -1.57. The third-order valence-electron chi connectivity index (χ3n) is 1.97. The van der Waals surface area contributed by atoms with Crippen LogP contribution in [0.4, 0.5) is 18.9 Å². The molecule has 0 radical (unpaired) electrons. The molecule has 0 fully saturated rings. The Hall–Kier alpha value is -1.85. The van der Waals surface area contributed by atoms with Crippen molar-refractivity contribution in [3.63, 3.8) is 0 Å². The average molecular weight is 231 g/mol. The van der Waals surface area contributed by atoms with Gasteiger partial charge in [0.2, 0.25) is 0 Å². The second-order valence-corrected chi connectivity index (χ2v) is 3.09. The van der Waals surface area contributed by atoms with E-state index in [0.717, 1.165) is 12.1 Å². The van der Waals surface area contributed by atoms with E-state index in [2.05, 4.69) is 6.58 Å². The topological polar surface area (TPSA) is 43.1 Å². The van der Waals surface area contributed by atoms with Crippen LogP contribution in [0.5, 0.6) is 0 Å². The quantitative estimate of drug-likeness (QED) is 0.455. The Morgan fingerprint density at radius 2 is 2.06 bits per heavy atom. The summed E-state index contributed by atoms with van der Waals surface area (Å²) in [6, 6.07) is 2.69. The van der Waals surface area contributed by atoms with E-state index in [-0.39, 0.29) is 12.0 Å². The van der Waals surface area contributed by atoms with Crippen LogP contribution in [0.2, 0.25) is 0 Å². The highest BCUT2D eigenvalue weighted by Crippen LogP contribution is 2.34. The predicted octanol–water partition coefficient (Wildman–Crippen LogP) is 3.34. The van der Waals surface area contributed by atoms with Gasteiger partial charge in [0, 0.05) is 12.1 Å². The highest BCUT2D eigenvalue weighted by Gasteiger charge is 2.34. The van der Waals surface area contributed by atoms with Crippen LogP contribution in [0.25, 0.3) is 0 Å². The van der Waals surface area contributed by atoms with Crippen molar-refractivity contribution in [1.82, 2.24) is 0 Å². The first kappa shape index (κ1) is 12.2. The van der Waals surface area contributed by atoms with Crippen LogP contribution in [0.1, 0.15) is 11.1 Å². The van der Waals surface area contributed by atoms with E-state index in [1.54, 1.807) is 0 Å². The standard InChI is InChI=1S/C10H8F3NO2/c1-2-3-7-4-5-8(14(15)16)6-9(7)10(11,12)13/h2,4-6H,1,3H2. The number of hydrogen-bond acceptors (Lipinski definition) is 2. The third kappa shape index (κ3) is 2.59. The van der Waals surface area contributed by atoms with Gasteiger partial charge in [-0.05, 0) is 12.0 Å². The predicted molar refractivity (Wildman–Crippen MR) is 52.0 cm³/mol. The monoisotopic (exact) mass is 231 g/mol. The number of nitro groups is 1. The third-order valence-corrected chi connectivity index (χ3v) is 1.97. The van der Waals surface area contributed by atoms with Gasteiger partial charge in [-0.15, -0.1) is 6.58 Å². The lowest BCUT2D eigenvalue weighted by Crippen LogP contribution is -2.09. The molecule has 86 valence electrons. The molecule has 0 amide bonds. The van der Waals surface area contributed by atoms with E-state index in [1.165, 1.54) is 6.08 Å². The van der Waals surface area contributed by atoms with E-state index in [9.17, 15) is 23.3 Å². The average Bonchev–Trinajstić information content (AvgIpc) is 2.16. The Morgan fingerprint density at radius 1 is 1.44 bits per heavy atom. The number of halogens is 3. The van der Waals surface area contributed by atoms with Gasteiger partial charge in [0.1, 0.15) is 0 Å². The minimum Gasteiger partial charge on any atom is -0.258 e. The van der Waals surface area contributed by atoms with Gasteiger partial charge in [-0.25, -0.2) is 0 Å². The number of nitrogens with zero attached hydrogens (tertiary/aromatic N) is 1. The Morgan fingerprint density at radius 3 is 2.50 bits per heavy atom. The molecule has 0 aliphatic heterocycles. The molecule has 0 saturated heterocycles. The number of nitro benzene ring substituents is 1. The molecular weight excluding hydrogens is 223 g/mol. The molecule has 1 aromatic carbocycles. The Kier molecular flexibility index (Phi) is 3.31. The zero-order valence-electron chi connectivity index (χ0n) is 8.12. The molecule has 0 N–H and O–H groups in total. The van der Waals surface area contributed by atoms with Crippen LogP contribution in [0.3, 0.4) is 0 Å². The van der Waals surface area contributed by atoms with Crippen molar-refractivity contribution in [2.45, 2.75) is 12.6 Å². The molecule has 3 nitrogen and oxygen atoms in total. The molecule has 16 heavy (non-hydrogen) atoms. The summed E-state index contributed by atoms with van der Waals surface area (Å²) < 4.78 is 37.7. The van der Waals surface area contributed by atoms with Crippen LogP contribution < -0.4 is 0 Å². The van der Waals surface area contributed by atoms with Crippen molar-refractivity contribution in [1.29, 1.82) is 0 Å². The summed E-state index contributed by atoms with van der Waals surface area (Å²) in [5.74, 6) is 0. The van der Waals surface area contributed by atoms with E-state index < -0.39 is 22.4 Å². The molecule has 0 spiro atoms. The number of rotatable bonds is 3. The Balaban J connectivity index is 3.32. The van der Waals surface area contributed by atoms with Gasteiger partial charge in [-0.3, -0.25) is 10.1 Å². The molecule has 0 saturated carbocycles. The van der Waals surface area contributed by atoms with Crippen LogP contribution >= 0.6 is 0 Å². The largest absolute Gasteiger partial charge is 0.416 e. The normalized spacial score (nSPS) is 11.2. The second-order valence-electron chi connectivity index (χ2n) is 3.09. The Labute approximate surface area is 89.4 Å². The zero-order chi connectivity index (χ0) is 12.3. The number of benzene rings is 1. The number of alkyl halides is 3. The van der Waals surface area contributed by atoms with Crippen LogP contribution in [-0.4, -0.2) is 4.92 Å². The van der Waals surface area contributed by atoms with Crippen molar-refractivity contribution < 1.29 is 18.1 Å². The summed E-state index contributed by atoms with van der Waals surface area (Å²) in [5, 5.41) is 10.4. The maximum atomic E-state index is 12.6. The van der Waals surface area contributed by atoms with Gasteiger partial charge >= 0.3 is 6.18 Å². The summed E-state index contributed by atoms with van der Waals surface area (Å²) >= 11 is 0. The lowest BCUT2D eigenvalue weighted by molar-refractivity contribution is -0.385. The number of hydrogen-bond donors (Lipinski definition) is 0. The molecule has 0 aliphatic rings. The maximum Gasteiger partial charge on any atom is 0.416 e. The SMILES string of the molecule is C=CCc1ccc([N+](=O)[O-])cc1C(F)(F)F. The van der Waals surface area contributed by atoms with Gasteiger partial charge in [0.15, 0.2) is 0 Å². The summed E-state index contributed by atoms with van der Waals surface area (Å²) in [6.07, 6.45) is -3.26. The first-order valence-electron chi connectivity index (χ1n) is 4.31. The lowest BCUT2D eigenvalue weighted by Gasteiger charge is -2.11. The summed E-state index contributed by atoms with van der Waals surface area (Å²) in [7, 11) is 0. The van der Waals surface area contributed by atoms with Crippen molar-refractivity contribution in [3.05, 3.63) is 52.1 Å². The van der Waals surface area contributed by atoms with Gasteiger partial charge < -0.3 is 0 Å². The minimum atomic E-state index is -4.59. The molecule has 0 heterocycles. The minimum absolute atomic E-state index is 0.0203. The molecule has 0 bridgehead atoms. The Bertz CT molecular complexity index is 427. The lowest BCUT2D eigenvalue weighted by atomic mass is 10.0. The molecule has 0 atom stereocenters. The number of allylic oxidation sites excluding steroid dienone is 1. The molecular formula is C10H8F3NO2. The smallest absolute Gasteiger partial charge is 0.258 e. The van der Waals surface area contributed by atoms with Gasteiger partial charge in [-0.1, -0.05) is 12.1 Å². The van der Waals surface area contributed by atoms with Gasteiger partial charge in [-0.2, -0.15) is 13.2 Å². The van der Waals surface area contributed by atoms with Crippen LogP contribution in [0, 0.1) is 10.1 Å². The van der Waals surface area contributed by atoms with Crippen LogP contribution in [0.15, 0.2) is 30.9 Å². The fraction of sp³-hybridized carbons (Fsp3) is 0.200. The fourth-order valence-corrected chi connectivity index (χ4v) is 1.28. The van der Waals surface area contributed by atoms with Crippen molar-refractivity contribution in [3.8, 4) is 0 Å². The molecule has 0 aliphatic carbocycles. The van der Waals surface area contributed by atoms with Gasteiger partial charge in [0.05, 0.1) is 10.5 Å². The summed E-state index contributed by atoms with van der Waals surface area (Å²) in [6.45, 7) is 3.34. The maximum absolute atomic E-state index is 12.6. The first-order valence-corrected chi connectivity index (χ1v) is 4.31. The van der Waals surface area contributed by atoms with E-state index >= 15 is 0 Å². The summed E-state index contributed by atoms with van der Waals surface area (Å²) in [4.78, 5) is 9.51. The molecule has 1 aromatic rings. The van der Waals surface area contributed by atoms with Gasteiger partial charge in [0.25, 0.3) is 5.69 Å². The molecule has 0 unspecified atom stereocenters. The second kappa shape index (κ2) is 4.34. The van der Waals surface area contributed by atoms with E-state index in [4.69, 9.17) is 0 Å². The fourth-order valence-electron chi connectivity index (χ4n) is 1.28. The molecule has 0 aromatic heterocycles. The van der Waals surface area contributed by atoms with Crippen molar-refractivity contribution in [2.24, 2.45) is 0 Å². The molecule has 1 rings (SSSR count). The number of non-ortho nitro benzene ring substituents is 1. The van der Waals surface area contributed by atoms with Crippen molar-refractivity contribution in [2.75, 3.05) is 0 Å². The van der Waals surface area contributed by atoms with Crippen LogP contribution in [-0.2, 0) is 12.6 Å². The van der Waals surface area contributed by atoms with E-state index in [0.29, 0.717) is 6.07 Å². The van der Waals surface area contributed by atoms with E-state index in [1.807, 2.05) is 0 Å². The highest BCUT2D eigenvalue weighted by molar-refractivity contribution is 5.42. The zero-order valence-corrected chi connectivity index (χ0v) is 8.12. The first-order chi connectivity index (χ1) is 7.36. The molecule has 6 heteroatoms.